The molecule has 1 saturated carbocycles. The van der Waals surface area contributed by atoms with Gasteiger partial charge in [-0.1, -0.05) is 25.5 Å². The van der Waals surface area contributed by atoms with E-state index in [-0.39, 0.29) is 11.3 Å². The maximum Gasteiger partial charge on any atom is 0.251 e. The number of amides is 1. The van der Waals surface area contributed by atoms with E-state index >= 15 is 0 Å². The van der Waals surface area contributed by atoms with Gasteiger partial charge in [0, 0.05) is 17.5 Å². The standard InChI is InChI=1S/C15H20ClNO/c1-2-11-6-8-12(9-7-11)15(18)17-10-13-4-3-5-14(13)16/h6-9,13-14H,2-5,10H2,1H3,(H,17,18). The van der Waals surface area contributed by atoms with Crippen molar-refractivity contribution in [2.45, 2.75) is 38.0 Å². The van der Waals surface area contributed by atoms with Gasteiger partial charge in [0.25, 0.3) is 5.91 Å². The highest BCUT2D eigenvalue weighted by atomic mass is 35.5. The van der Waals surface area contributed by atoms with E-state index in [1.54, 1.807) is 0 Å². The van der Waals surface area contributed by atoms with Gasteiger partial charge in [-0.2, -0.15) is 0 Å². The lowest BCUT2D eigenvalue weighted by molar-refractivity contribution is 0.0947. The molecule has 0 saturated heterocycles. The van der Waals surface area contributed by atoms with Crippen LogP contribution in [0.4, 0.5) is 0 Å². The van der Waals surface area contributed by atoms with Crippen LogP contribution in [0.3, 0.4) is 0 Å². The van der Waals surface area contributed by atoms with E-state index in [9.17, 15) is 4.79 Å². The summed E-state index contributed by atoms with van der Waals surface area (Å²) in [6.45, 7) is 2.80. The maximum absolute atomic E-state index is 12.0. The van der Waals surface area contributed by atoms with E-state index in [0.717, 1.165) is 24.8 Å². The van der Waals surface area contributed by atoms with Crippen LogP contribution >= 0.6 is 11.6 Å². The molecule has 18 heavy (non-hydrogen) atoms. The van der Waals surface area contributed by atoms with Crippen molar-refractivity contribution in [1.29, 1.82) is 0 Å². The molecule has 0 aromatic heterocycles. The number of carbonyl (C=O) groups is 1. The summed E-state index contributed by atoms with van der Waals surface area (Å²) in [5.74, 6) is 0.443. The van der Waals surface area contributed by atoms with Gasteiger partial charge in [-0.25, -0.2) is 0 Å². The number of aryl methyl sites for hydroxylation is 1. The Morgan fingerprint density at radius 2 is 2.06 bits per heavy atom. The van der Waals surface area contributed by atoms with E-state index in [2.05, 4.69) is 12.2 Å². The van der Waals surface area contributed by atoms with Crippen molar-refractivity contribution < 1.29 is 4.79 Å². The predicted molar refractivity (Wildman–Crippen MR) is 75.1 cm³/mol. The molecule has 0 radical (unpaired) electrons. The van der Waals surface area contributed by atoms with Crippen LogP contribution in [-0.4, -0.2) is 17.8 Å². The summed E-state index contributed by atoms with van der Waals surface area (Å²) in [5, 5.41) is 3.21. The van der Waals surface area contributed by atoms with Crippen molar-refractivity contribution in [3.8, 4) is 0 Å². The van der Waals surface area contributed by atoms with Crippen LogP contribution < -0.4 is 5.32 Å². The number of rotatable bonds is 4. The Morgan fingerprint density at radius 1 is 1.33 bits per heavy atom. The van der Waals surface area contributed by atoms with Gasteiger partial charge in [-0.15, -0.1) is 11.6 Å². The molecule has 1 aromatic rings. The van der Waals surface area contributed by atoms with Gasteiger partial charge < -0.3 is 5.32 Å². The first kappa shape index (κ1) is 13.4. The first-order chi connectivity index (χ1) is 8.70. The molecule has 1 fully saturated rings. The third-order valence-corrected chi connectivity index (χ3v) is 4.29. The van der Waals surface area contributed by atoms with Crippen molar-refractivity contribution in [1.82, 2.24) is 5.32 Å². The lowest BCUT2D eigenvalue weighted by Gasteiger charge is -2.14. The highest BCUT2D eigenvalue weighted by molar-refractivity contribution is 6.21. The summed E-state index contributed by atoms with van der Waals surface area (Å²) < 4.78 is 0. The smallest absolute Gasteiger partial charge is 0.251 e. The van der Waals surface area contributed by atoms with E-state index in [0.29, 0.717) is 12.5 Å². The van der Waals surface area contributed by atoms with E-state index < -0.39 is 0 Å². The fourth-order valence-corrected chi connectivity index (χ4v) is 2.81. The maximum atomic E-state index is 12.0. The van der Waals surface area contributed by atoms with Crippen molar-refractivity contribution in [3.05, 3.63) is 35.4 Å². The molecular formula is C15H20ClNO. The molecule has 0 heterocycles. The van der Waals surface area contributed by atoms with Gasteiger partial charge >= 0.3 is 0 Å². The Balaban J connectivity index is 1.87. The van der Waals surface area contributed by atoms with Crippen LogP contribution in [0.15, 0.2) is 24.3 Å². The second kappa shape index (κ2) is 6.24. The summed E-state index contributed by atoms with van der Waals surface area (Å²) in [6, 6.07) is 7.80. The minimum Gasteiger partial charge on any atom is -0.352 e. The number of nitrogens with one attached hydrogen (secondary N) is 1. The van der Waals surface area contributed by atoms with Crippen molar-refractivity contribution in [3.63, 3.8) is 0 Å². The number of carbonyl (C=O) groups excluding carboxylic acids is 1. The molecule has 1 aliphatic carbocycles. The number of hydrogen-bond acceptors (Lipinski definition) is 1. The van der Waals surface area contributed by atoms with Gasteiger partial charge in [0.2, 0.25) is 0 Å². The second-order valence-corrected chi connectivity index (χ2v) is 5.53. The lowest BCUT2D eigenvalue weighted by Crippen LogP contribution is -2.31. The molecule has 98 valence electrons. The van der Waals surface area contributed by atoms with Crippen LogP contribution in [0.1, 0.15) is 42.1 Å². The van der Waals surface area contributed by atoms with Gasteiger partial charge in [-0.05, 0) is 42.9 Å². The summed E-state index contributed by atoms with van der Waals surface area (Å²) in [6.07, 6.45) is 4.38. The second-order valence-electron chi connectivity index (χ2n) is 4.97. The third kappa shape index (κ3) is 3.26. The SMILES string of the molecule is CCc1ccc(C(=O)NCC2CCCC2Cl)cc1. The molecular weight excluding hydrogens is 246 g/mol. The van der Waals surface area contributed by atoms with Crippen LogP contribution in [0.2, 0.25) is 0 Å². The van der Waals surface area contributed by atoms with Gasteiger partial charge in [-0.3, -0.25) is 4.79 Å². The zero-order valence-electron chi connectivity index (χ0n) is 10.8. The molecule has 3 heteroatoms. The molecule has 2 atom stereocenters. The van der Waals surface area contributed by atoms with Crippen molar-refractivity contribution in [2.75, 3.05) is 6.54 Å². The summed E-state index contributed by atoms with van der Waals surface area (Å²) >= 11 is 6.20. The number of hydrogen-bond donors (Lipinski definition) is 1. The van der Waals surface area contributed by atoms with Crippen LogP contribution in [0, 0.1) is 5.92 Å². The quantitative estimate of drug-likeness (QED) is 0.831. The predicted octanol–water partition coefficient (Wildman–Crippen LogP) is 3.39. The fourth-order valence-electron chi connectivity index (χ4n) is 2.44. The Hall–Kier alpha value is -1.02. The zero-order chi connectivity index (χ0) is 13.0. The Kier molecular flexibility index (Phi) is 4.65. The molecule has 2 rings (SSSR count). The molecule has 0 bridgehead atoms. The van der Waals surface area contributed by atoms with Crippen LogP contribution in [0.5, 0.6) is 0 Å². The minimum atomic E-state index is 0.00780. The summed E-state index contributed by atoms with van der Waals surface area (Å²) in [5.41, 5.74) is 1.99. The monoisotopic (exact) mass is 265 g/mol. The Morgan fingerprint density at radius 3 is 2.61 bits per heavy atom. The molecule has 2 nitrogen and oxygen atoms in total. The van der Waals surface area contributed by atoms with Gasteiger partial charge in [0.1, 0.15) is 0 Å². The summed E-state index contributed by atoms with van der Waals surface area (Å²) in [4.78, 5) is 12.0. The summed E-state index contributed by atoms with van der Waals surface area (Å²) in [7, 11) is 0. The topological polar surface area (TPSA) is 29.1 Å². The Labute approximate surface area is 114 Å². The molecule has 0 aliphatic heterocycles. The average Bonchev–Trinajstić information content (AvgIpc) is 2.81. The molecule has 1 aliphatic rings. The molecule has 1 amide bonds. The van der Waals surface area contributed by atoms with Crippen molar-refractivity contribution in [2.24, 2.45) is 5.92 Å². The normalized spacial score (nSPS) is 23.0. The minimum absolute atomic E-state index is 0.00780. The van der Waals surface area contributed by atoms with Gasteiger partial charge in [0.05, 0.1) is 0 Å². The number of alkyl halides is 1. The molecule has 0 spiro atoms. The van der Waals surface area contributed by atoms with E-state index in [1.165, 1.54) is 12.0 Å². The largest absolute Gasteiger partial charge is 0.352 e. The van der Waals surface area contributed by atoms with Crippen molar-refractivity contribution >= 4 is 17.5 Å². The molecule has 1 aromatic carbocycles. The highest BCUT2D eigenvalue weighted by Crippen LogP contribution is 2.29. The van der Waals surface area contributed by atoms with Crippen LogP contribution in [0.25, 0.3) is 0 Å². The fraction of sp³-hybridized carbons (Fsp3) is 0.533. The third-order valence-electron chi connectivity index (χ3n) is 3.72. The van der Waals surface area contributed by atoms with E-state index in [1.807, 2.05) is 24.3 Å². The zero-order valence-corrected chi connectivity index (χ0v) is 11.5. The number of halogens is 1. The first-order valence-electron chi connectivity index (χ1n) is 6.72. The Bertz CT molecular complexity index is 401. The average molecular weight is 266 g/mol. The van der Waals surface area contributed by atoms with Crippen LogP contribution in [-0.2, 0) is 6.42 Å². The number of benzene rings is 1. The molecule has 1 N–H and O–H groups in total. The van der Waals surface area contributed by atoms with Gasteiger partial charge in [0.15, 0.2) is 0 Å². The van der Waals surface area contributed by atoms with E-state index in [4.69, 9.17) is 11.6 Å². The first-order valence-corrected chi connectivity index (χ1v) is 7.15. The highest BCUT2D eigenvalue weighted by Gasteiger charge is 2.25. The molecule has 2 unspecified atom stereocenters. The lowest BCUT2D eigenvalue weighted by atomic mass is 10.1.